The molecule has 0 aliphatic carbocycles. The molecule has 0 amide bonds. The average molecular weight is 388 g/mol. The van der Waals surface area contributed by atoms with Crippen molar-refractivity contribution in [2.75, 3.05) is 5.32 Å². The number of hydrogen-bond acceptors (Lipinski definition) is 6. The van der Waals surface area contributed by atoms with Gasteiger partial charge in [-0.1, -0.05) is 26.0 Å². The van der Waals surface area contributed by atoms with Crippen LogP contribution in [0.3, 0.4) is 0 Å². The second kappa shape index (κ2) is 6.44. The molecule has 29 heavy (non-hydrogen) atoms. The second-order valence-corrected chi connectivity index (χ2v) is 7.38. The monoisotopic (exact) mass is 388 g/mol. The summed E-state index contributed by atoms with van der Waals surface area (Å²) in [5.41, 5.74) is 3.20. The van der Waals surface area contributed by atoms with Crippen LogP contribution in [0.5, 0.6) is 0 Å². The SMILES string of the molecule is CC(C)c1nc2cc(NCc3nnc4n(C)c(=O)c5ccccc5n34)ccc2o1. The van der Waals surface area contributed by atoms with Crippen molar-refractivity contribution in [3.05, 3.63) is 64.5 Å². The van der Waals surface area contributed by atoms with Gasteiger partial charge in [-0.2, -0.15) is 0 Å². The van der Waals surface area contributed by atoms with Crippen LogP contribution in [0, 0.1) is 0 Å². The van der Waals surface area contributed by atoms with Gasteiger partial charge in [-0.3, -0.25) is 13.8 Å². The van der Waals surface area contributed by atoms with E-state index in [2.05, 4.69) is 34.3 Å². The molecule has 0 spiro atoms. The van der Waals surface area contributed by atoms with E-state index in [1.807, 2.05) is 46.9 Å². The van der Waals surface area contributed by atoms with Crippen LogP contribution < -0.4 is 10.9 Å². The van der Waals surface area contributed by atoms with Gasteiger partial charge in [-0.05, 0) is 30.3 Å². The molecule has 3 aromatic heterocycles. The van der Waals surface area contributed by atoms with Crippen LogP contribution in [-0.4, -0.2) is 24.1 Å². The fourth-order valence-electron chi connectivity index (χ4n) is 3.49. The quantitative estimate of drug-likeness (QED) is 0.507. The molecule has 0 bridgehead atoms. The maximum absolute atomic E-state index is 12.6. The fourth-order valence-corrected chi connectivity index (χ4v) is 3.49. The summed E-state index contributed by atoms with van der Waals surface area (Å²) < 4.78 is 9.20. The highest BCUT2D eigenvalue weighted by Gasteiger charge is 2.15. The van der Waals surface area contributed by atoms with Gasteiger partial charge in [-0.15, -0.1) is 10.2 Å². The van der Waals surface area contributed by atoms with E-state index < -0.39 is 0 Å². The van der Waals surface area contributed by atoms with Gasteiger partial charge in [0.2, 0.25) is 5.78 Å². The molecule has 0 saturated carbocycles. The van der Waals surface area contributed by atoms with E-state index in [-0.39, 0.29) is 11.5 Å². The van der Waals surface area contributed by atoms with E-state index in [1.54, 1.807) is 7.05 Å². The Balaban J connectivity index is 1.53. The van der Waals surface area contributed by atoms with Crippen molar-refractivity contribution in [3.63, 3.8) is 0 Å². The smallest absolute Gasteiger partial charge is 0.262 e. The Morgan fingerprint density at radius 1 is 1.14 bits per heavy atom. The molecule has 3 heterocycles. The minimum Gasteiger partial charge on any atom is -0.440 e. The summed E-state index contributed by atoms with van der Waals surface area (Å²) in [5.74, 6) is 2.20. The summed E-state index contributed by atoms with van der Waals surface area (Å²) >= 11 is 0. The lowest BCUT2D eigenvalue weighted by Crippen LogP contribution is -2.20. The summed E-state index contributed by atoms with van der Waals surface area (Å²) in [7, 11) is 1.71. The molecule has 5 rings (SSSR count). The van der Waals surface area contributed by atoms with Gasteiger partial charge in [0, 0.05) is 18.7 Å². The molecule has 146 valence electrons. The van der Waals surface area contributed by atoms with Crippen LogP contribution in [0.1, 0.15) is 31.5 Å². The first kappa shape index (κ1) is 17.4. The molecule has 0 saturated heterocycles. The van der Waals surface area contributed by atoms with Gasteiger partial charge in [0.05, 0.1) is 17.4 Å². The van der Waals surface area contributed by atoms with Gasteiger partial charge >= 0.3 is 0 Å². The minimum atomic E-state index is -0.0857. The Labute approximate surface area is 165 Å². The molecule has 8 nitrogen and oxygen atoms in total. The first-order valence-electron chi connectivity index (χ1n) is 9.49. The van der Waals surface area contributed by atoms with E-state index in [0.717, 1.165) is 34.0 Å². The normalized spacial score (nSPS) is 11.9. The maximum Gasteiger partial charge on any atom is 0.262 e. The summed E-state index contributed by atoms with van der Waals surface area (Å²) in [5, 5.41) is 12.5. The van der Waals surface area contributed by atoms with Crippen molar-refractivity contribution in [3.8, 4) is 0 Å². The highest BCUT2D eigenvalue weighted by atomic mass is 16.3. The predicted molar refractivity (Wildman–Crippen MR) is 111 cm³/mol. The van der Waals surface area contributed by atoms with E-state index in [4.69, 9.17) is 4.42 Å². The Morgan fingerprint density at radius 3 is 2.79 bits per heavy atom. The Bertz CT molecular complexity index is 1430. The van der Waals surface area contributed by atoms with Gasteiger partial charge in [0.1, 0.15) is 5.52 Å². The molecule has 0 unspecified atom stereocenters. The summed E-state index contributed by atoms with van der Waals surface area (Å²) in [4.78, 5) is 17.1. The fraction of sp³-hybridized carbons (Fsp3) is 0.238. The number of nitrogens with one attached hydrogen (secondary N) is 1. The average Bonchev–Trinajstić information content (AvgIpc) is 3.34. The molecule has 0 aliphatic rings. The van der Waals surface area contributed by atoms with E-state index in [1.165, 1.54) is 4.57 Å². The van der Waals surface area contributed by atoms with Crippen LogP contribution in [0.25, 0.3) is 27.8 Å². The Hall–Kier alpha value is -3.68. The summed E-state index contributed by atoms with van der Waals surface area (Å²) in [6, 6.07) is 13.3. The molecule has 0 atom stereocenters. The van der Waals surface area contributed by atoms with Crippen molar-refractivity contribution < 1.29 is 4.42 Å². The van der Waals surface area contributed by atoms with Gasteiger partial charge in [0.25, 0.3) is 5.56 Å². The van der Waals surface area contributed by atoms with Gasteiger partial charge in [0.15, 0.2) is 17.3 Å². The standard InChI is InChI=1S/C21H20N6O2/c1-12(2)19-23-15-10-13(8-9-17(15)29-19)22-11-18-24-25-21-26(3)20(28)14-6-4-5-7-16(14)27(18)21/h4-10,12,22H,11H2,1-3H3. The van der Waals surface area contributed by atoms with Gasteiger partial charge < -0.3 is 9.73 Å². The molecular formula is C21H20N6O2. The van der Waals surface area contributed by atoms with Crippen LogP contribution in [0.4, 0.5) is 5.69 Å². The third kappa shape index (κ3) is 2.75. The lowest BCUT2D eigenvalue weighted by molar-refractivity contribution is 0.501. The molecule has 8 heteroatoms. The lowest BCUT2D eigenvalue weighted by atomic mass is 10.2. The number of anilines is 1. The number of hydrogen-bond donors (Lipinski definition) is 1. The topological polar surface area (TPSA) is 90.2 Å². The van der Waals surface area contributed by atoms with Gasteiger partial charge in [-0.25, -0.2) is 4.98 Å². The van der Waals surface area contributed by atoms with E-state index in [9.17, 15) is 4.79 Å². The Morgan fingerprint density at radius 2 is 1.97 bits per heavy atom. The number of para-hydroxylation sites is 1. The van der Waals surface area contributed by atoms with Crippen molar-refractivity contribution in [1.29, 1.82) is 0 Å². The largest absolute Gasteiger partial charge is 0.440 e. The van der Waals surface area contributed by atoms with Crippen LogP contribution >= 0.6 is 0 Å². The van der Waals surface area contributed by atoms with Crippen LogP contribution in [0.2, 0.25) is 0 Å². The first-order valence-corrected chi connectivity index (χ1v) is 9.49. The van der Waals surface area contributed by atoms with Crippen molar-refractivity contribution >= 4 is 33.5 Å². The molecular weight excluding hydrogens is 368 g/mol. The summed E-state index contributed by atoms with van der Waals surface area (Å²) in [6.45, 7) is 4.56. The first-order chi connectivity index (χ1) is 14.0. The van der Waals surface area contributed by atoms with E-state index in [0.29, 0.717) is 17.7 Å². The number of fused-ring (bicyclic) bond motifs is 4. The van der Waals surface area contributed by atoms with Crippen molar-refractivity contribution in [1.82, 2.24) is 24.1 Å². The zero-order chi connectivity index (χ0) is 20.1. The highest BCUT2D eigenvalue weighted by Crippen LogP contribution is 2.24. The Kier molecular flexibility index (Phi) is 3.87. The molecule has 0 fully saturated rings. The highest BCUT2D eigenvalue weighted by molar-refractivity contribution is 5.80. The third-order valence-electron chi connectivity index (χ3n) is 5.04. The zero-order valence-corrected chi connectivity index (χ0v) is 16.4. The predicted octanol–water partition coefficient (Wildman–Crippen LogP) is 3.46. The lowest BCUT2D eigenvalue weighted by Gasteiger charge is -2.09. The molecule has 1 N–H and O–H groups in total. The number of aromatic nitrogens is 5. The van der Waals surface area contributed by atoms with Crippen molar-refractivity contribution in [2.24, 2.45) is 7.05 Å². The number of aryl methyl sites for hydroxylation is 1. The number of oxazole rings is 1. The number of rotatable bonds is 4. The minimum absolute atomic E-state index is 0.0857. The molecule has 0 aliphatic heterocycles. The van der Waals surface area contributed by atoms with Crippen LogP contribution in [0.15, 0.2) is 51.7 Å². The number of benzene rings is 2. The van der Waals surface area contributed by atoms with Crippen LogP contribution in [-0.2, 0) is 13.6 Å². The maximum atomic E-state index is 12.6. The third-order valence-corrected chi connectivity index (χ3v) is 5.04. The van der Waals surface area contributed by atoms with Crippen molar-refractivity contribution in [2.45, 2.75) is 26.3 Å². The second-order valence-electron chi connectivity index (χ2n) is 7.38. The molecule has 0 radical (unpaired) electrons. The van der Waals surface area contributed by atoms with E-state index >= 15 is 0 Å². The zero-order valence-electron chi connectivity index (χ0n) is 16.4. The molecule has 2 aromatic carbocycles. The summed E-state index contributed by atoms with van der Waals surface area (Å²) in [6.07, 6.45) is 0. The number of nitrogens with zero attached hydrogens (tertiary/aromatic N) is 5. The molecule has 5 aromatic rings.